The van der Waals surface area contributed by atoms with Crippen molar-refractivity contribution in [1.29, 1.82) is 0 Å². The molecule has 2 N–H and O–H groups in total. The Morgan fingerprint density at radius 2 is 2.06 bits per heavy atom. The van der Waals surface area contributed by atoms with E-state index >= 15 is 0 Å². The number of aromatic nitrogens is 2. The van der Waals surface area contributed by atoms with Crippen molar-refractivity contribution in [3.63, 3.8) is 0 Å². The molecule has 0 atom stereocenters. The van der Waals surface area contributed by atoms with Gasteiger partial charge in [-0.3, -0.25) is 0 Å². The molecule has 3 rings (SSSR count). The van der Waals surface area contributed by atoms with Crippen molar-refractivity contribution in [1.82, 2.24) is 9.97 Å². The Kier molecular flexibility index (Phi) is 2.78. The second-order valence-corrected chi connectivity index (χ2v) is 5.38. The Balaban J connectivity index is 2.08. The van der Waals surface area contributed by atoms with Gasteiger partial charge in [-0.1, -0.05) is 15.9 Å². The molecule has 0 radical (unpaired) electrons. The summed E-state index contributed by atoms with van der Waals surface area (Å²) in [5, 5.41) is 0. The largest absolute Gasteiger partial charge is 0.396 e. The molecule has 18 heavy (non-hydrogen) atoms. The molecular weight excluding hydrogens is 297 g/mol. The zero-order valence-corrected chi connectivity index (χ0v) is 11.1. The number of nitrogens with two attached hydrogens (primary N) is 1. The van der Waals surface area contributed by atoms with E-state index in [0.717, 1.165) is 18.5 Å². The summed E-state index contributed by atoms with van der Waals surface area (Å²) in [7, 11) is 0. The van der Waals surface area contributed by atoms with Gasteiger partial charge in [0.15, 0.2) is 5.82 Å². The van der Waals surface area contributed by atoms with E-state index in [2.05, 4.69) is 25.9 Å². The first-order chi connectivity index (χ1) is 8.63. The standard InChI is InChI=1S/C13H11BrFN3/c14-9-3-8(4-10(15)5-9)13-17-6-11(16)12(18-13)7-1-2-7/h3-7H,1-2,16H2. The van der Waals surface area contributed by atoms with Gasteiger partial charge in [0.25, 0.3) is 0 Å². The molecule has 1 aliphatic carbocycles. The maximum absolute atomic E-state index is 13.4. The highest BCUT2D eigenvalue weighted by atomic mass is 79.9. The summed E-state index contributed by atoms with van der Waals surface area (Å²) < 4.78 is 14.0. The van der Waals surface area contributed by atoms with Crippen LogP contribution >= 0.6 is 15.9 Å². The van der Waals surface area contributed by atoms with E-state index < -0.39 is 0 Å². The molecular formula is C13H11BrFN3. The molecule has 1 fully saturated rings. The van der Waals surface area contributed by atoms with Crippen molar-refractivity contribution in [2.24, 2.45) is 0 Å². The quantitative estimate of drug-likeness (QED) is 0.923. The third-order valence-corrected chi connectivity index (χ3v) is 3.39. The number of anilines is 1. The van der Waals surface area contributed by atoms with Crippen molar-refractivity contribution in [2.75, 3.05) is 5.73 Å². The lowest BCUT2D eigenvalue weighted by atomic mass is 10.2. The summed E-state index contributed by atoms with van der Waals surface area (Å²) in [5.41, 5.74) is 8.03. The highest BCUT2D eigenvalue weighted by Crippen LogP contribution is 2.41. The molecule has 1 aromatic heterocycles. The van der Waals surface area contributed by atoms with E-state index in [0.29, 0.717) is 27.5 Å². The van der Waals surface area contributed by atoms with E-state index in [4.69, 9.17) is 5.73 Å². The van der Waals surface area contributed by atoms with Crippen molar-refractivity contribution >= 4 is 21.6 Å². The topological polar surface area (TPSA) is 51.8 Å². The van der Waals surface area contributed by atoms with Gasteiger partial charge >= 0.3 is 0 Å². The molecule has 3 nitrogen and oxygen atoms in total. The van der Waals surface area contributed by atoms with Crippen molar-refractivity contribution in [3.05, 3.63) is 40.4 Å². The summed E-state index contributed by atoms with van der Waals surface area (Å²) in [4.78, 5) is 8.64. The Bertz CT molecular complexity index is 591. The average Bonchev–Trinajstić information content (AvgIpc) is 3.12. The zero-order chi connectivity index (χ0) is 12.7. The number of benzene rings is 1. The van der Waals surface area contributed by atoms with Gasteiger partial charge in [0, 0.05) is 16.0 Å². The fourth-order valence-electron chi connectivity index (χ4n) is 1.91. The van der Waals surface area contributed by atoms with Crippen LogP contribution < -0.4 is 5.73 Å². The minimum absolute atomic E-state index is 0.312. The summed E-state index contributed by atoms with van der Waals surface area (Å²) in [6, 6.07) is 4.63. The van der Waals surface area contributed by atoms with Gasteiger partial charge in [0.05, 0.1) is 17.6 Å². The predicted molar refractivity (Wildman–Crippen MR) is 71.5 cm³/mol. The average molecular weight is 308 g/mol. The highest BCUT2D eigenvalue weighted by Gasteiger charge is 2.27. The van der Waals surface area contributed by atoms with Crippen molar-refractivity contribution in [3.8, 4) is 11.4 Å². The Labute approximate surface area is 112 Å². The van der Waals surface area contributed by atoms with Crippen LogP contribution in [0.2, 0.25) is 0 Å². The molecule has 2 aromatic rings. The number of hydrogen-bond donors (Lipinski definition) is 1. The molecule has 0 aliphatic heterocycles. The lowest BCUT2D eigenvalue weighted by molar-refractivity contribution is 0.627. The van der Waals surface area contributed by atoms with Gasteiger partial charge in [0.2, 0.25) is 0 Å². The number of nitrogens with zero attached hydrogens (tertiary/aromatic N) is 2. The summed E-state index contributed by atoms with van der Waals surface area (Å²) >= 11 is 3.26. The van der Waals surface area contributed by atoms with Crippen LogP contribution in [0.15, 0.2) is 28.9 Å². The number of hydrogen-bond acceptors (Lipinski definition) is 3. The van der Waals surface area contributed by atoms with Crippen LogP contribution in [0, 0.1) is 5.82 Å². The number of halogens is 2. The van der Waals surface area contributed by atoms with Crippen molar-refractivity contribution in [2.45, 2.75) is 18.8 Å². The molecule has 0 unspecified atom stereocenters. The summed E-state index contributed by atoms with van der Waals surface area (Å²) in [5.74, 6) is 0.655. The maximum Gasteiger partial charge on any atom is 0.159 e. The van der Waals surface area contributed by atoms with Crippen LogP contribution in [0.3, 0.4) is 0 Å². The SMILES string of the molecule is Nc1cnc(-c2cc(F)cc(Br)c2)nc1C1CC1. The van der Waals surface area contributed by atoms with E-state index in [1.165, 1.54) is 12.1 Å². The summed E-state index contributed by atoms with van der Waals surface area (Å²) in [6.07, 6.45) is 3.84. The highest BCUT2D eigenvalue weighted by molar-refractivity contribution is 9.10. The fraction of sp³-hybridized carbons (Fsp3) is 0.231. The summed E-state index contributed by atoms with van der Waals surface area (Å²) in [6.45, 7) is 0. The predicted octanol–water partition coefficient (Wildman–Crippen LogP) is 3.50. The molecule has 1 heterocycles. The number of nitrogen functional groups attached to an aromatic ring is 1. The van der Waals surface area contributed by atoms with Crippen molar-refractivity contribution < 1.29 is 4.39 Å². The van der Waals surface area contributed by atoms with Gasteiger partial charge in [-0.2, -0.15) is 0 Å². The van der Waals surface area contributed by atoms with Gasteiger partial charge in [-0.15, -0.1) is 0 Å². The molecule has 1 saturated carbocycles. The van der Waals surface area contributed by atoms with Gasteiger partial charge in [-0.25, -0.2) is 14.4 Å². The Hall–Kier alpha value is -1.49. The second-order valence-electron chi connectivity index (χ2n) is 4.47. The molecule has 1 aromatic carbocycles. The third kappa shape index (κ3) is 2.22. The smallest absolute Gasteiger partial charge is 0.159 e. The lowest BCUT2D eigenvalue weighted by Gasteiger charge is -2.06. The fourth-order valence-corrected chi connectivity index (χ4v) is 2.38. The second kappa shape index (κ2) is 4.31. The van der Waals surface area contributed by atoms with Crippen LogP contribution in [-0.2, 0) is 0 Å². The Morgan fingerprint density at radius 3 is 2.72 bits per heavy atom. The van der Waals surface area contributed by atoms with Gasteiger partial charge < -0.3 is 5.73 Å². The monoisotopic (exact) mass is 307 g/mol. The third-order valence-electron chi connectivity index (χ3n) is 2.93. The van der Waals surface area contributed by atoms with Crippen LogP contribution in [-0.4, -0.2) is 9.97 Å². The lowest BCUT2D eigenvalue weighted by Crippen LogP contribution is -2.00. The normalized spacial score (nSPS) is 14.8. The molecule has 0 amide bonds. The van der Waals surface area contributed by atoms with E-state index in [9.17, 15) is 4.39 Å². The molecule has 5 heteroatoms. The maximum atomic E-state index is 13.4. The first-order valence-corrected chi connectivity index (χ1v) is 6.51. The van der Waals surface area contributed by atoms with Crippen LogP contribution in [0.4, 0.5) is 10.1 Å². The molecule has 0 spiro atoms. The minimum atomic E-state index is -0.312. The molecule has 0 saturated heterocycles. The molecule has 0 bridgehead atoms. The first-order valence-electron chi connectivity index (χ1n) is 5.72. The molecule has 1 aliphatic rings. The van der Waals surface area contributed by atoms with Crippen LogP contribution in [0.25, 0.3) is 11.4 Å². The number of rotatable bonds is 2. The van der Waals surface area contributed by atoms with Crippen LogP contribution in [0.1, 0.15) is 24.5 Å². The van der Waals surface area contributed by atoms with E-state index in [-0.39, 0.29) is 5.82 Å². The minimum Gasteiger partial charge on any atom is -0.396 e. The van der Waals surface area contributed by atoms with E-state index in [1.54, 1.807) is 12.3 Å². The van der Waals surface area contributed by atoms with Crippen LogP contribution in [0.5, 0.6) is 0 Å². The first kappa shape index (κ1) is 11.6. The van der Waals surface area contributed by atoms with Gasteiger partial charge in [-0.05, 0) is 31.0 Å². The van der Waals surface area contributed by atoms with E-state index in [1.807, 2.05) is 0 Å². The Morgan fingerprint density at radius 1 is 1.28 bits per heavy atom. The zero-order valence-electron chi connectivity index (χ0n) is 9.53. The van der Waals surface area contributed by atoms with Gasteiger partial charge in [0.1, 0.15) is 5.82 Å². The molecule has 92 valence electrons.